The fraction of sp³-hybridized carbons (Fsp3) is 0.600. The average molecular weight is 248 g/mol. The van der Waals surface area contributed by atoms with E-state index in [4.69, 9.17) is 5.73 Å². The van der Waals surface area contributed by atoms with E-state index in [9.17, 15) is 5.11 Å². The van der Waals surface area contributed by atoms with Crippen molar-refractivity contribution in [1.29, 1.82) is 0 Å². The minimum atomic E-state index is -0.372. The Balaban J connectivity index is 1.85. The molecule has 1 aromatic carbocycles. The number of benzene rings is 1. The highest BCUT2D eigenvalue weighted by atomic mass is 16.3. The maximum atomic E-state index is 10.2. The average Bonchev–Trinajstić information content (AvgIpc) is 2.40. The zero-order valence-electron chi connectivity index (χ0n) is 11.0. The Morgan fingerprint density at radius 3 is 2.83 bits per heavy atom. The normalized spacial score (nSPS) is 22.9. The summed E-state index contributed by atoms with van der Waals surface area (Å²) in [5.41, 5.74) is 6.64. The predicted molar refractivity (Wildman–Crippen MR) is 74.2 cm³/mol. The van der Waals surface area contributed by atoms with Gasteiger partial charge < -0.3 is 15.7 Å². The number of β-amino-alcohol motifs (C(OH)–C–C–N with tert-alkyl or cyclic N) is 1. The first-order chi connectivity index (χ1) is 8.79. The molecule has 100 valence electrons. The lowest BCUT2D eigenvalue weighted by Crippen LogP contribution is -2.38. The highest BCUT2D eigenvalue weighted by Gasteiger charge is 2.21. The van der Waals surface area contributed by atoms with Crippen molar-refractivity contribution >= 4 is 0 Å². The molecule has 1 heterocycles. The summed E-state index contributed by atoms with van der Waals surface area (Å²) in [4.78, 5) is 2.38. The molecule has 0 aromatic heterocycles. The Hall–Kier alpha value is -0.900. The number of hydrogen-bond acceptors (Lipinski definition) is 3. The fourth-order valence-electron chi connectivity index (χ4n) is 2.81. The van der Waals surface area contributed by atoms with Crippen LogP contribution in [0.3, 0.4) is 0 Å². The molecular weight excluding hydrogens is 224 g/mol. The first-order valence-electron chi connectivity index (χ1n) is 6.95. The Morgan fingerprint density at radius 2 is 2.11 bits per heavy atom. The molecule has 0 radical (unpaired) electrons. The van der Waals surface area contributed by atoms with Crippen LogP contribution in [0.15, 0.2) is 30.3 Å². The number of likely N-dealkylation sites (tertiary alicyclic amines) is 1. The number of nitrogens with zero attached hydrogens (tertiary/aromatic N) is 1. The molecule has 1 aliphatic rings. The van der Waals surface area contributed by atoms with Gasteiger partial charge in [0.1, 0.15) is 0 Å². The van der Waals surface area contributed by atoms with E-state index in [0.29, 0.717) is 5.92 Å². The van der Waals surface area contributed by atoms with Gasteiger partial charge in [-0.2, -0.15) is 0 Å². The Kier molecular flexibility index (Phi) is 5.17. The second-order valence-corrected chi connectivity index (χ2v) is 5.27. The second-order valence-electron chi connectivity index (χ2n) is 5.27. The molecule has 1 fully saturated rings. The summed E-state index contributed by atoms with van der Waals surface area (Å²) in [6.45, 7) is 3.71. The Morgan fingerprint density at radius 1 is 1.33 bits per heavy atom. The zero-order chi connectivity index (χ0) is 12.8. The van der Waals surface area contributed by atoms with Crippen LogP contribution in [0, 0.1) is 5.92 Å². The van der Waals surface area contributed by atoms with Gasteiger partial charge in [-0.05, 0) is 43.8 Å². The SMILES string of the molecule is NCCC1CCCN(CC(O)c2ccccc2)C1. The van der Waals surface area contributed by atoms with E-state index in [1.54, 1.807) is 0 Å². The molecule has 3 N–H and O–H groups in total. The number of aliphatic hydroxyl groups excluding tert-OH is 1. The van der Waals surface area contributed by atoms with E-state index in [1.165, 1.54) is 12.8 Å². The zero-order valence-corrected chi connectivity index (χ0v) is 11.0. The van der Waals surface area contributed by atoms with Crippen molar-refractivity contribution in [2.45, 2.75) is 25.4 Å². The van der Waals surface area contributed by atoms with Gasteiger partial charge in [0.25, 0.3) is 0 Å². The predicted octanol–water partition coefficient (Wildman–Crippen LogP) is 1.78. The van der Waals surface area contributed by atoms with E-state index in [-0.39, 0.29) is 6.10 Å². The highest BCUT2D eigenvalue weighted by molar-refractivity contribution is 5.17. The molecule has 1 aliphatic heterocycles. The van der Waals surface area contributed by atoms with Gasteiger partial charge in [0, 0.05) is 13.1 Å². The van der Waals surface area contributed by atoms with Crippen LogP contribution in [0.1, 0.15) is 30.9 Å². The maximum Gasteiger partial charge on any atom is 0.0916 e. The van der Waals surface area contributed by atoms with E-state index < -0.39 is 0 Å². The van der Waals surface area contributed by atoms with Crippen LogP contribution in [0.2, 0.25) is 0 Å². The van der Waals surface area contributed by atoms with Crippen LogP contribution in [-0.2, 0) is 0 Å². The molecule has 18 heavy (non-hydrogen) atoms. The molecule has 2 atom stereocenters. The molecular formula is C15H24N2O. The van der Waals surface area contributed by atoms with Crippen molar-refractivity contribution in [3.63, 3.8) is 0 Å². The van der Waals surface area contributed by atoms with Gasteiger partial charge in [-0.1, -0.05) is 30.3 Å². The van der Waals surface area contributed by atoms with E-state index in [2.05, 4.69) is 4.90 Å². The van der Waals surface area contributed by atoms with Crippen LogP contribution in [0.25, 0.3) is 0 Å². The monoisotopic (exact) mass is 248 g/mol. The van der Waals surface area contributed by atoms with Crippen molar-refractivity contribution in [2.75, 3.05) is 26.2 Å². The summed E-state index contributed by atoms with van der Waals surface area (Å²) in [7, 11) is 0. The topological polar surface area (TPSA) is 49.5 Å². The first kappa shape index (κ1) is 13.5. The largest absolute Gasteiger partial charge is 0.387 e. The summed E-state index contributed by atoms with van der Waals surface area (Å²) in [6.07, 6.45) is 3.25. The third-order valence-electron chi connectivity index (χ3n) is 3.79. The molecule has 1 aromatic rings. The van der Waals surface area contributed by atoms with Crippen LogP contribution in [-0.4, -0.2) is 36.2 Å². The molecule has 2 unspecified atom stereocenters. The minimum absolute atomic E-state index is 0.372. The maximum absolute atomic E-state index is 10.2. The van der Waals surface area contributed by atoms with Crippen molar-refractivity contribution in [1.82, 2.24) is 4.90 Å². The molecule has 0 amide bonds. The van der Waals surface area contributed by atoms with Gasteiger partial charge in [-0.3, -0.25) is 0 Å². The minimum Gasteiger partial charge on any atom is -0.387 e. The van der Waals surface area contributed by atoms with Crippen LogP contribution < -0.4 is 5.73 Å². The first-order valence-corrected chi connectivity index (χ1v) is 6.95. The molecule has 0 saturated carbocycles. The van der Waals surface area contributed by atoms with E-state index in [1.807, 2.05) is 30.3 Å². The molecule has 0 bridgehead atoms. The Bertz CT molecular complexity index is 340. The van der Waals surface area contributed by atoms with Gasteiger partial charge in [0.15, 0.2) is 0 Å². The van der Waals surface area contributed by atoms with E-state index >= 15 is 0 Å². The molecule has 0 spiro atoms. The number of hydrogen-bond donors (Lipinski definition) is 2. The smallest absolute Gasteiger partial charge is 0.0916 e. The van der Waals surface area contributed by atoms with Crippen LogP contribution >= 0.6 is 0 Å². The third-order valence-corrected chi connectivity index (χ3v) is 3.79. The highest BCUT2D eigenvalue weighted by Crippen LogP contribution is 2.21. The van der Waals surface area contributed by atoms with Crippen molar-refractivity contribution < 1.29 is 5.11 Å². The van der Waals surface area contributed by atoms with Gasteiger partial charge in [-0.15, -0.1) is 0 Å². The van der Waals surface area contributed by atoms with Crippen molar-refractivity contribution in [3.8, 4) is 0 Å². The van der Waals surface area contributed by atoms with Crippen molar-refractivity contribution in [3.05, 3.63) is 35.9 Å². The quantitative estimate of drug-likeness (QED) is 0.835. The standard InChI is InChI=1S/C15H24N2O/c16-9-8-13-5-4-10-17(11-13)12-15(18)14-6-2-1-3-7-14/h1-3,6-7,13,15,18H,4-5,8-12,16H2. The molecule has 3 nitrogen and oxygen atoms in total. The summed E-state index contributed by atoms with van der Waals surface area (Å²) < 4.78 is 0. The van der Waals surface area contributed by atoms with Crippen molar-refractivity contribution in [2.24, 2.45) is 11.7 Å². The third kappa shape index (κ3) is 3.80. The molecule has 1 saturated heterocycles. The molecule has 2 rings (SSSR count). The van der Waals surface area contributed by atoms with Gasteiger partial charge >= 0.3 is 0 Å². The summed E-state index contributed by atoms with van der Waals surface area (Å²) >= 11 is 0. The number of piperidine rings is 1. The second kappa shape index (κ2) is 6.88. The van der Waals surface area contributed by atoms with Gasteiger partial charge in [0.05, 0.1) is 6.10 Å². The molecule has 3 heteroatoms. The number of aliphatic hydroxyl groups is 1. The lowest BCUT2D eigenvalue weighted by atomic mass is 9.94. The summed E-state index contributed by atoms with van der Waals surface area (Å²) in [6, 6.07) is 9.92. The van der Waals surface area contributed by atoms with E-state index in [0.717, 1.165) is 38.2 Å². The number of nitrogens with two attached hydrogens (primary N) is 1. The fourth-order valence-corrected chi connectivity index (χ4v) is 2.81. The lowest BCUT2D eigenvalue weighted by molar-refractivity contribution is 0.0831. The molecule has 0 aliphatic carbocycles. The number of rotatable bonds is 5. The summed E-state index contributed by atoms with van der Waals surface area (Å²) in [5, 5.41) is 10.2. The summed E-state index contributed by atoms with van der Waals surface area (Å²) in [5.74, 6) is 0.715. The Labute approximate surface area is 110 Å². The van der Waals surface area contributed by atoms with Gasteiger partial charge in [0.2, 0.25) is 0 Å². The lowest BCUT2D eigenvalue weighted by Gasteiger charge is -2.33. The van der Waals surface area contributed by atoms with Crippen LogP contribution in [0.4, 0.5) is 0 Å². The van der Waals surface area contributed by atoms with Gasteiger partial charge in [-0.25, -0.2) is 0 Å². The van der Waals surface area contributed by atoms with Crippen LogP contribution in [0.5, 0.6) is 0 Å².